The summed E-state index contributed by atoms with van der Waals surface area (Å²) < 4.78 is 5.27. The van der Waals surface area contributed by atoms with Crippen LogP contribution in [0.4, 0.5) is 0 Å². The van der Waals surface area contributed by atoms with Gasteiger partial charge in [0, 0.05) is 17.5 Å². The maximum Gasteiger partial charge on any atom is 0.0589 e. The summed E-state index contributed by atoms with van der Waals surface area (Å²) in [6, 6.07) is 0. The number of ether oxygens (including phenoxy) is 1. The van der Waals surface area contributed by atoms with Gasteiger partial charge in [0.1, 0.15) is 0 Å². The number of thioether (sulfide) groups is 1. The van der Waals surface area contributed by atoms with Gasteiger partial charge < -0.3 is 10.5 Å². The van der Waals surface area contributed by atoms with Crippen molar-refractivity contribution in [2.45, 2.75) is 26.0 Å². The van der Waals surface area contributed by atoms with E-state index in [-0.39, 0.29) is 0 Å². The minimum absolute atomic E-state index is 0.629. The molecule has 0 bridgehead atoms. The Balaban J connectivity index is 3.08. The van der Waals surface area contributed by atoms with E-state index >= 15 is 0 Å². The number of rotatable bonds is 7. The van der Waals surface area contributed by atoms with Crippen molar-refractivity contribution in [3.8, 4) is 0 Å². The second-order valence-electron chi connectivity index (χ2n) is 3.22. The molecule has 0 aliphatic rings. The van der Waals surface area contributed by atoms with E-state index in [0.29, 0.717) is 13.2 Å². The highest BCUT2D eigenvalue weighted by atomic mass is 32.2. The number of nitrogens with two attached hydrogens (primary N) is 1. The van der Waals surface area contributed by atoms with Gasteiger partial charge in [-0.1, -0.05) is 20.8 Å². The van der Waals surface area contributed by atoms with Crippen molar-refractivity contribution in [1.29, 1.82) is 0 Å². The maximum atomic E-state index is 5.29. The molecule has 0 amide bonds. The first-order valence-electron chi connectivity index (χ1n) is 4.58. The zero-order valence-electron chi connectivity index (χ0n) is 8.38. The lowest BCUT2D eigenvalue weighted by Crippen LogP contribution is -2.12. The third kappa shape index (κ3) is 6.95. The lowest BCUT2D eigenvalue weighted by molar-refractivity contribution is 0.158. The molecule has 0 aromatic rings. The van der Waals surface area contributed by atoms with Crippen LogP contribution in [-0.2, 0) is 4.74 Å². The van der Waals surface area contributed by atoms with Gasteiger partial charge in [-0.2, -0.15) is 11.8 Å². The molecule has 0 saturated heterocycles. The summed E-state index contributed by atoms with van der Waals surface area (Å²) in [6.07, 6.45) is 0. The van der Waals surface area contributed by atoms with E-state index in [4.69, 9.17) is 10.5 Å². The molecular weight excluding hydrogens is 170 g/mol. The molecule has 0 aromatic carbocycles. The van der Waals surface area contributed by atoms with Crippen molar-refractivity contribution in [3.05, 3.63) is 0 Å². The van der Waals surface area contributed by atoms with E-state index in [2.05, 4.69) is 20.8 Å². The molecule has 1 unspecified atom stereocenters. The smallest absolute Gasteiger partial charge is 0.0589 e. The van der Waals surface area contributed by atoms with Crippen LogP contribution in [0, 0.1) is 5.92 Å². The predicted octanol–water partition coefficient (Wildman–Crippen LogP) is 1.74. The van der Waals surface area contributed by atoms with Crippen LogP contribution >= 0.6 is 11.8 Å². The largest absolute Gasteiger partial charge is 0.379 e. The van der Waals surface area contributed by atoms with Gasteiger partial charge >= 0.3 is 0 Å². The zero-order chi connectivity index (χ0) is 9.40. The topological polar surface area (TPSA) is 35.2 Å². The van der Waals surface area contributed by atoms with Gasteiger partial charge in [-0.15, -0.1) is 0 Å². The Bertz CT molecular complexity index is 98.5. The number of hydrogen-bond donors (Lipinski definition) is 1. The molecule has 0 rings (SSSR count). The van der Waals surface area contributed by atoms with Crippen LogP contribution < -0.4 is 5.73 Å². The fourth-order valence-corrected chi connectivity index (χ4v) is 1.64. The van der Waals surface area contributed by atoms with Gasteiger partial charge in [-0.25, -0.2) is 0 Å². The molecule has 0 aliphatic heterocycles. The summed E-state index contributed by atoms with van der Waals surface area (Å²) >= 11 is 1.97. The van der Waals surface area contributed by atoms with Gasteiger partial charge in [0.25, 0.3) is 0 Å². The molecule has 0 heterocycles. The molecule has 2 N–H and O–H groups in total. The van der Waals surface area contributed by atoms with Crippen LogP contribution in [0.3, 0.4) is 0 Å². The standard InChI is InChI=1S/C9H21NOS/c1-8(2)9(3)12-7-6-11-5-4-10/h8-9H,4-7,10H2,1-3H3. The van der Waals surface area contributed by atoms with Gasteiger partial charge in [0.2, 0.25) is 0 Å². The molecule has 74 valence electrons. The maximum absolute atomic E-state index is 5.29. The van der Waals surface area contributed by atoms with Gasteiger partial charge in [0.05, 0.1) is 13.2 Å². The lowest BCUT2D eigenvalue weighted by atomic mass is 10.2. The third-order valence-electron chi connectivity index (χ3n) is 1.81. The normalized spacial score (nSPS) is 13.8. The Labute approximate surface area is 80.2 Å². The lowest BCUT2D eigenvalue weighted by Gasteiger charge is -2.14. The third-order valence-corrected chi connectivity index (χ3v) is 3.28. The molecule has 0 fully saturated rings. The predicted molar refractivity (Wildman–Crippen MR) is 56.6 cm³/mol. The van der Waals surface area contributed by atoms with Crippen molar-refractivity contribution in [2.24, 2.45) is 11.7 Å². The van der Waals surface area contributed by atoms with Crippen LogP contribution in [0.5, 0.6) is 0 Å². The Morgan fingerprint density at radius 3 is 2.42 bits per heavy atom. The van der Waals surface area contributed by atoms with Gasteiger partial charge in [-0.05, 0) is 5.92 Å². The first-order chi connectivity index (χ1) is 5.68. The fourth-order valence-electron chi connectivity index (χ4n) is 0.671. The monoisotopic (exact) mass is 191 g/mol. The average Bonchev–Trinajstić information content (AvgIpc) is 2.03. The van der Waals surface area contributed by atoms with E-state index in [1.54, 1.807) is 0 Å². The summed E-state index contributed by atoms with van der Waals surface area (Å²) in [5.41, 5.74) is 5.29. The Hall–Kier alpha value is 0.270. The fraction of sp³-hybridized carbons (Fsp3) is 1.00. The van der Waals surface area contributed by atoms with Gasteiger partial charge in [0.15, 0.2) is 0 Å². The minimum atomic E-state index is 0.629. The Kier molecular flexibility index (Phi) is 8.07. The second-order valence-corrected chi connectivity index (χ2v) is 4.71. The Morgan fingerprint density at radius 1 is 1.25 bits per heavy atom. The van der Waals surface area contributed by atoms with Crippen LogP contribution in [0.25, 0.3) is 0 Å². The van der Waals surface area contributed by atoms with E-state index in [9.17, 15) is 0 Å². The molecule has 0 saturated carbocycles. The van der Waals surface area contributed by atoms with Crippen molar-refractivity contribution in [1.82, 2.24) is 0 Å². The molecule has 12 heavy (non-hydrogen) atoms. The summed E-state index contributed by atoms with van der Waals surface area (Å²) in [5.74, 6) is 1.84. The van der Waals surface area contributed by atoms with Crippen LogP contribution in [0.2, 0.25) is 0 Å². The molecule has 3 heteroatoms. The highest BCUT2D eigenvalue weighted by Gasteiger charge is 2.05. The highest BCUT2D eigenvalue weighted by Crippen LogP contribution is 2.17. The molecule has 0 aromatic heterocycles. The van der Waals surface area contributed by atoms with E-state index in [1.165, 1.54) is 0 Å². The summed E-state index contributed by atoms with van der Waals surface area (Å²) in [6.45, 7) is 8.91. The first kappa shape index (κ1) is 12.3. The highest BCUT2D eigenvalue weighted by molar-refractivity contribution is 7.99. The molecule has 1 atom stereocenters. The molecule has 0 spiro atoms. The average molecular weight is 191 g/mol. The second kappa shape index (κ2) is 7.90. The zero-order valence-corrected chi connectivity index (χ0v) is 9.19. The summed E-state index contributed by atoms with van der Waals surface area (Å²) in [7, 11) is 0. The van der Waals surface area contributed by atoms with Crippen LogP contribution in [-0.4, -0.2) is 30.8 Å². The first-order valence-corrected chi connectivity index (χ1v) is 5.62. The quantitative estimate of drug-likeness (QED) is 0.623. The molecular formula is C9H21NOS. The SMILES string of the molecule is CC(C)C(C)SCCOCCN. The van der Waals surface area contributed by atoms with Crippen molar-refractivity contribution in [3.63, 3.8) is 0 Å². The van der Waals surface area contributed by atoms with E-state index in [0.717, 1.165) is 23.5 Å². The molecule has 2 nitrogen and oxygen atoms in total. The van der Waals surface area contributed by atoms with Crippen molar-refractivity contribution in [2.75, 3.05) is 25.5 Å². The Morgan fingerprint density at radius 2 is 1.92 bits per heavy atom. The van der Waals surface area contributed by atoms with Gasteiger partial charge in [-0.3, -0.25) is 0 Å². The van der Waals surface area contributed by atoms with Crippen molar-refractivity contribution >= 4 is 11.8 Å². The van der Waals surface area contributed by atoms with E-state index in [1.807, 2.05) is 11.8 Å². The summed E-state index contributed by atoms with van der Waals surface area (Å²) in [5, 5.41) is 0.728. The van der Waals surface area contributed by atoms with Crippen LogP contribution in [0.15, 0.2) is 0 Å². The van der Waals surface area contributed by atoms with Crippen LogP contribution in [0.1, 0.15) is 20.8 Å². The molecule has 0 radical (unpaired) electrons. The molecule has 0 aliphatic carbocycles. The summed E-state index contributed by atoms with van der Waals surface area (Å²) in [4.78, 5) is 0. The number of hydrogen-bond acceptors (Lipinski definition) is 3. The van der Waals surface area contributed by atoms with Crippen molar-refractivity contribution < 1.29 is 4.74 Å². The minimum Gasteiger partial charge on any atom is -0.379 e. The van der Waals surface area contributed by atoms with E-state index < -0.39 is 0 Å².